The number of ether oxygens (including phenoxy) is 9. The van der Waals surface area contributed by atoms with Crippen LogP contribution in [0.4, 0.5) is 10.5 Å². The van der Waals surface area contributed by atoms with E-state index in [0.29, 0.717) is 17.9 Å². The fourth-order valence-corrected chi connectivity index (χ4v) is 11.4. The summed E-state index contributed by atoms with van der Waals surface area (Å²) >= 11 is 7.94. The van der Waals surface area contributed by atoms with Gasteiger partial charge >= 0.3 is 12.1 Å². The van der Waals surface area contributed by atoms with Crippen molar-refractivity contribution in [2.45, 2.75) is 107 Å². The number of hydrogen-bond acceptors (Lipinski definition) is 22. The Balaban J connectivity index is 1.07. The third kappa shape index (κ3) is 19.8. The standard InChI is InChI=1S/C56H83ClN8O20S/c1-33-11-10-12-41(77-9)56(75)35(3)50(84-54(74)62-56)34(2)51-55(5,85-51)42(29-47(70)64(7)38-26-37(25-33)27-39(76-8)49(38)57)83-53(73)36(4)63(6)46(69)13-24-86-40-28-48(71)65(52(40)72)17-14-59-43(66)30-80-22-20-78-18-15-60-44(67)31-81-23-21-79-19-16-61-45(68)32-82-58/h10-12,26-27,34-36,40-42,50-51,75H,13-25,28-32,58H2,1-9H3,(H,59,66)(H,60,67)(H,61,68)(H,62,74)/b12-10+,33-11+/t34?,35?,36-,40?,41+,42-,50+,51-,55-,56-/m1/s1. The smallest absolute Gasteiger partial charge is 0.409 e. The average molecular weight is 1260 g/mol. The van der Waals surface area contributed by atoms with E-state index in [1.807, 2.05) is 13.0 Å². The van der Waals surface area contributed by atoms with Crippen molar-refractivity contribution in [1.82, 2.24) is 31.1 Å². The van der Waals surface area contributed by atoms with Crippen molar-refractivity contribution in [1.29, 1.82) is 0 Å². The number of carbonyl (C=O) groups excluding carboxylic acids is 9. The zero-order valence-corrected chi connectivity index (χ0v) is 51.7. The van der Waals surface area contributed by atoms with Crippen molar-refractivity contribution in [3.05, 3.63) is 46.5 Å². The van der Waals surface area contributed by atoms with Gasteiger partial charge in [-0.2, -0.15) is 0 Å². The minimum atomic E-state index is -1.94. The highest BCUT2D eigenvalue weighted by molar-refractivity contribution is 8.00. The summed E-state index contributed by atoms with van der Waals surface area (Å²) in [4.78, 5) is 125. The van der Waals surface area contributed by atoms with E-state index in [9.17, 15) is 48.3 Å². The van der Waals surface area contributed by atoms with E-state index in [-0.39, 0.29) is 121 Å². The molecule has 86 heavy (non-hydrogen) atoms. The Kier molecular flexibility index (Phi) is 27.9. The lowest BCUT2D eigenvalue weighted by molar-refractivity contribution is -0.179. The molecule has 3 unspecified atom stereocenters. The number of carbonyl (C=O) groups is 9. The number of methoxy groups -OCH3 is 2. The lowest BCUT2D eigenvalue weighted by Gasteiger charge is -2.47. The number of nitrogens with zero attached hydrogens (tertiary/aromatic N) is 3. The van der Waals surface area contributed by atoms with Gasteiger partial charge in [0.05, 0.1) is 70.2 Å². The Morgan fingerprint density at radius 3 is 2.14 bits per heavy atom. The van der Waals surface area contributed by atoms with Gasteiger partial charge in [0, 0.05) is 77.8 Å². The number of benzene rings is 1. The maximum Gasteiger partial charge on any atom is 0.409 e. The first kappa shape index (κ1) is 70.8. The molecular weight excluding hydrogens is 1170 g/mol. The van der Waals surface area contributed by atoms with Crippen LogP contribution in [0, 0.1) is 11.8 Å². The molecular formula is C56H83ClN8O20S. The summed E-state index contributed by atoms with van der Waals surface area (Å²) in [6.07, 6.45) is 0.00260. The van der Waals surface area contributed by atoms with E-state index in [2.05, 4.69) is 26.1 Å². The summed E-state index contributed by atoms with van der Waals surface area (Å²) in [5.74, 6) is -0.136. The van der Waals surface area contributed by atoms with Crippen LogP contribution in [0.3, 0.4) is 0 Å². The first-order valence-corrected chi connectivity index (χ1v) is 29.6. The molecule has 28 nitrogen and oxygen atoms in total. The predicted molar refractivity (Wildman–Crippen MR) is 310 cm³/mol. The molecule has 5 rings (SSSR count). The summed E-state index contributed by atoms with van der Waals surface area (Å²) < 4.78 is 50.9. The second-order valence-corrected chi connectivity index (χ2v) is 22.9. The minimum absolute atomic E-state index is 0.0247. The fourth-order valence-electron chi connectivity index (χ4n) is 9.93. The van der Waals surface area contributed by atoms with Gasteiger partial charge in [0.1, 0.15) is 60.5 Å². The van der Waals surface area contributed by atoms with Crippen molar-refractivity contribution >= 4 is 82.5 Å². The number of nitrogens with two attached hydrogens (primary N) is 1. The molecule has 0 aliphatic carbocycles. The molecule has 1 aromatic carbocycles. The number of hydrogen-bond donors (Lipinski definition) is 6. The Bertz CT molecular complexity index is 2620. The minimum Gasteiger partial charge on any atom is -0.495 e. The van der Waals surface area contributed by atoms with Crippen LogP contribution in [0.1, 0.15) is 59.4 Å². The van der Waals surface area contributed by atoms with Gasteiger partial charge in [-0.1, -0.05) is 49.2 Å². The van der Waals surface area contributed by atoms with E-state index in [4.69, 9.17) is 60.1 Å². The Morgan fingerprint density at radius 2 is 1.52 bits per heavy atom. The number of anilines is 1. The number of thioether (sulfide) groups is 1. The van der Waals surface area contributed by atoms with Crippen molar-refractivity contribution in [2.24, 2.45) is 17.7 Å². The van der Waals surface area contributed by atoms with E-state index >= 15 is 0 Å². The van der Waals surface area contributed by atoms with Gasteiger partial charge < -0.3 is 73.5 Å². The number of likely N-dealkylation sites (tertiary alicyclic amines) is 1. The number of allylic oxidation sites excluding steroid dienone is 3. The first-order valence-electron chi connectivity index (χ1n) is 28.1. The molecule has 3 saturated heterocycles. The maximum absolute atomic E-state index is 14.4. The van der Waals surface area contributed by atoms with Crippen LogP contribution in [0.5, 0.6) is 5.75 Å². The van der Waals surface area contributed by atoms with Crippen LogP contribution >= 0.6 is 23.4 Å². The van der Waals surface area contributed by atoms with Crippen molar-refractivity contribution in [3.63, 3.8) is 0 Å². The zero-order chi connectivity index (χ0) is 63.3. The molecule has 0 saturated carbocycles. The second-order valence-electron chi connectivity index (χ2n) is 21.2. The van der Waals surface area contributed by atoms with Gasteiger partial charge in [-0.25, -0.2) is 15.5 Å². The molecule has 480 valence electrons. The normalized spacial score (nSPS) is 26.3. The fraction of sp³-hybridized carbons (Fsp3) is 0.661. The van der Waals surface area contributed by atoms with E-state index in [0.717, 1.165) is 27.8 Å². The summed E-state index contributed by atoms with van der Waals surface area (Å²) in [5, 5.41) is 21.8. The molecule has 3 fully saturated rings. The molecule has 4 aliphatic rings. The largest absolute Gasteiger partial charge is 0.495 e. The van der Waals surface area contributed by atoms with Crippen LogP contribution in [0.15, 0.2) is 35.9 Å². The summed E-state index contributed by atoms with van der Waals surface area (Å²) in [6, 6.07) is 2.33. The number of epoxide rings is 1. The topological polar surface area (TPSA) is 353 Å². The zero-order valence-electron chi connectivity index (χ0n) is 50.1. The van der Waals surface area contributed by atoms with Crippen molar-refractivity contribution in [2.75, 3.05) is 125 Å². The SMILES string of the molecule is COc1cc2cc(c1Cl)N(C)C(=O)C[C@@H](OC(=O)[C@@H](C)N(C)C(=O)CCSC1CC(=O)N(CCNC(=O)COCCOCCNC(=O)COCCOCCNC(=O)CON)C1=O)[C@@]1(C)O[C@@H]1C(C)[C@@H]1OC(=O)N[C@@](O)(C1C)[C@@H](OC)/C=C/C=C(\C)C2. The van der Waals surface area contributed by atoms with E-state index < -0.39 is 107 Å². The number of alkyl carbamates (subject to hydrolysis) is 1. The number of aliphatic hydroxyl groups is 1. The molecule has 4 bridgehead atoms. The summed E-state index contributed by atoms with van der Waals surface area (Å²) in [5.41, 5.74) is -1.33. The molecule has 8 amide bonds. The molecule has 1 aromatic rings. The number of rotatable bonds is 30. The predicted octanol–water partition coefficient (Wildman–Crippen LogP) is 0.317. The second kappa shape index (κ2) is 33.9. The third-order valence-corrected chi connectivity index (χ3v) is 16.7. The van der Waals surface area contributed by atoms with Gasteiger partial charge in [0.2, 0.25) is 41.4 Å². The van der Waals surface area contributed by atoms with Gasteiger partial charge in [0.25, 0.3) is 0 Å². The van der Waals surface area contributed by atoms with Crippen LogP contribution < -0.4 is 36.8 Å². The molecule has 4 heterocycles. The van der Waals surface area contributed by atoms with Crippen LogP contribution in [-0.2, 0) is 87.5 Å². The van der Waals surface area contributed by atoms with E-state index in [1.165, 1.54) is 45.0 Å². The monoisotopic (exact) mass is 1250 g/mol. The van der Waals surface area contributed by atoms with Crippen LogP contribution in [0.2, 0.25) is 5.02 Å². The van der Waals surface area contributed by atoms with E-state index in [1.54, 1.807) is 45.1 Å². The molecule has 30 heteroatoms. The highest BCUT2D eigenvalue weighted by Crippen LogP contribution is 2.50. The third-order valence-electron chi connectivity index (χ3n) is 15.1. The lowest BCUT2D eigenvalue weighted by Crippen LogP contribution is -2.68. The first-order chi connectivity index (χ1) is 40.9. The molecule has 0 spiro atoms. The Labute approximate surface area is 509 Å². The quantitative estimate of drug-likeness (QED) is 0.0199. The molecule has 0 aromatic heterocycles. The average Bonchev–Trinajstić information content (AvgIpc) is 1.61. The maximum atomic E-state index is 14.4. The number of halogens is 1. The van der Waals surface area contributed by atoms with Crippen LogP contribution in [-0.4, -0.2) is 235 Å². The molecule has 10 atom stereocenters. The van der Waals surface area contributed by atoms with Gasteiger partial charge in [-0.05, 0) is 44.9 Å². The molecule has 4 aliphatic heterocycles. The molecule has 7 N–H and O–H groups in total. The number of imide groups is 1. The van der Waals surface area contributed by atoms with Gasteiger partial charge in [-0.15, -0.1) is 11.8 Å². The van der Waals surface area contributed by atoms with Crippen molar-refractivity contribution < 1.29 is 95.7 Å². The summed E-state index contributed by atoms with van der Waals surface area (Å²) in [6.45, 7) is 9.20. The Morgan fingerprint density at radius 1 is 0.907 bits per heavy atom. The number of nitrogens with one attached hydrogen (secondary N) is 4. The number of amides is 8. The summed E-state index contributed by atoms with van der Waals surface area (Å²) in [7, 11) is 5.81. The highest BCUT2D eigenvalue weighted by Gasteiger charge is 2.66. The number of likely N-dealkylation sites (N-methyl/N-ethyl adjacent to an activating group) is 1. The molecule has 0 radical (unpaired) electrons. The van der Waals surface area contributed by atoms with Crippen molar-refractivity contribution in [3.8, 4) is 5.75 Å². The van der Waals surface area contributed by atoms with Gasteiger partial charge in [-0.3, -0.25) is 48.6 Å². The highest BCUT2D eigenvalue weighted by atomic mass is 35.5. The lowest BCUT2D eigenvalue weighted by atomic mass is 9.77. The number of fused-ring (bicyclic) bond motifs is 5. The Hall–Kier alpha value is -5.99. The number of esters is 1. The van der Waals surface area contributed by atoms with Crippen LogP contribution in [0.25, 0.3) is 0 Å². The van der Waals surface area contributed by atoms with Gasteiger partial charge in [0.15, 0.2) is 5.72 Å².